The summed E-state index contributed by atoms with van der Waals surface area (Å²) in [5, 5.41) is 9.46. The van der Waals surface area contributed by atoms with E-state index >= 15 is 0 Å². The van der Waals surface area contributed by atoms with Crippen molar-refractivity contribution in [3.05, 3.63) is 33.7 Å². The normalized spacial score (nSPS) is 20.2. The van der Waals surface area contributed by atoms with Crippen molar-refractivity contribution in [2.45, 2.75) is 71.5 Å². The van der Waals surface area contributed by atoms with E-state index in [1.807, 2.05) is 28.8 Å². The third-order valence-corrected chi connectivity index (χ3v) is 7.12. The molecule has 1 fully saturated rings. The fourth-order valence-corrected chi connectivity index (χ4v) is 5.46. The van der Waals surface area contributed by atoms with Gasteiger partial charge in [-0.1, -0.05) is 13.3 Å². The van der Waals surface area contributed by atoms with Crippen molar-refractivity contribution >= 4 is 33.0 Å². The minimum absolute atomic E-state index is 0.0440. The molecule has 1 saturated heterocycles. The molecule has 0 spiro atoms. The molecule has 1 aliphatic heterocycles. The smallest absolute Gasteiger partial charge is 0.291 e. The summed E-state index contributed by atoms with van der Waals surface area (Å²) in [6.45, 7) is 8.16. The first kappa shape index (κ1) is 21.1. The molecule has 162 valence electrons. The summed E-state index contributed by atoms with van der Waals surface area (Å²) in [7, 11) is 0. The van der Waals surface area contributed by atoms with Gasteiger partial charge in [0, 0.05) is 31.6 Å². The maximum Gasteiger partial charge on any atom is 0.291 e. The van der Waals surface area contributed by atoms with Crippen molar-refractivity contribution in [2.75, 3.05) is 13.1 Å². The first-order valence-corrected chi connectivity index (χ1v) is 11.9. The Labute approximate surface area is 180 Å². The molecule has 7 nitrogen and oxygen atoms in total. The van der Waals surface area contributed by atoms with Gasteiger partial charge < -0.3 is 5.32 Å². The average molecular weight is 430 g/mol. The second kappa shape index (κ2) is 8.89. The summed E-state index contributed by atoms with van der Waals surface area (Å²) < 4.78 is 4.29. The quantitative estimate of drug-likeness (QED) is 0.586. The Hall–Kier alpha value is -2.19. The Morgan fingerprint density at radius 2 is 2.03 bits per heavy atom. The van der Waals surface area contributed by atoms with Crippen LogP contribution in [0.2, 0.25) is 0 Å². The van der Waals surface area contributed by atoms with Gasteiger partial charge >= 0.3 is 0 Å². The maximum absolute atomic E-state index is 12.9. The number of nitrogens with one attached hydrogen (secondary N) is 1. The average Bonchev–Trinajstić information content (AvgIpc) is 3.31. The van der Waals surface area contributed by atoms with E-state index < -0.39 is 0 Å². The third kappa shape index (κ3) is 4.03. The van der Waals surface area contributed by atoms with Gasteiger partial charge in [-0.3, -0.25) is 18.9 Å². The van der Waals surface area contributed by atoms with Crippen molar-refractivity contribution < 1.29 is 4.79 Å². The Bertz CT molecular complexity index is 1090. The second-order valence-electron chi connectivity index (χ2n) is 8.34. The highest BCUT2D eigenvalue weighted by Crippen LogP contribution is 2.25. The van der Waals surface area contributed by atoms with Gasteiger partial charge in [0.25, 0.3) is 5.56 Å². The Morgan fingerprint density at radius 3 is 2.77 bits per heavy atom. The minimum Gasteiger partial charge on any atom is -0.354 e. The van der Waals surface area contributed by atoms with E-state index in [1.165, 1.54) is 23.9 Å². The zero-order chi connectivity index (χ0) is 21.3. The lowest BCUT2D eigenvalue weighted by Crippen LogP contribution is -2.45. The summed E-state index contributed by atoms with van der Waals surface area (Å²) >= 11 is 1.61. The number of aromatic nitrogens is 3. The molecular formula is C22H31N5O2S. The van der Waals surface area contributed by atoms with Crippen molar-refractivity contribution in [3.8, 4) is 0 Å². The zero-order valence-corrected chi connectivity index (χ0v) is 18.9. The first-order valence-electron chi connectivity index (χ1n) is 11.0. The molecule has 30 heavy (non-hydrogen) atoms. The Morgan fingerprint density at radius 1 is 1.27 bits per heavy atom. The number of rotatable bonds is 7. The lowest BCUT2D eigenvalue weighted by molar-refractivity contribution is -0.121. The standard InChI is InChI=1S/C22H31N5O2S/c1-4-20-24-26(22(29)18-13-19-17(27(18)20)9-12-30-19)14-21(28)23-10-6-11-25-15(2)7-5-8-16(25)3/h9,12-13,15-16H,4-8,10-11,14H2,1-3H3,(H,23,28)/t15-,16-/m0/s1. The molecule has 8 heteroatoms. The number of fused-ring (bicyclic) bond motifs is 3. The fraction of sp³-hybridized carbons (Fsp3) is 0.591. The van der Waals surface area contributed by atoms with Gasteiger partial charge in [0.15, 0.2) is 0 Å². The monoisotopic (exact) mass is 429 g/mol. The van der Waals surface area contributed by atoms with Gasteiger partial charge in [-0.2, -0.15) is 5.10 Å². The summed E-state index contributed by atoms with van der Waals surface area (Å²) in [4.78, 5) is 27.9. The lowest BCUT2D eigenvalue weighted by atomic mass is 9.97. The molecule has 4 heterocycles. The molecule has 4 rings (SSSR count). The number of likely N-dealkylation sites (tertiary alicyclic amines) is 1. The molecule has 3 aromatic rings. The number of carbonyl (C=O) groups is 1. The van der Waals surface area contributed by atoms with Crippen molar-refractivity contribution in [1.82, 2.24) is 24.4 Å². The van der Waals surface area contributed by atoms with E-state index in [1.54, 1.807) is 11.3 Å². The van der Waals surface area contributed by atoms with Gasteiger partial charge in [-0.25, -0.2) is 4.68 Å². The van der Waals surface area contributed by atoms with Gasteiger partial charge in [-0.05, 0) is 50.6 Å². The highest BCUT2D eigenvalue weighted by molar-refractivity contribution is 7.17. The van der Waals surface area contributed by atoms with E-state index in [2.05, 4.69) is 29.2 Å². The number of nitrogens with zero attached hydrogens (tertiary/aromatic N) is 4. The predicted molar refractivity (Wildman–Crippen MR) is 121 cm³/mol. The number of thiophene rings is 1. The number of carbonyl (C=O) groups excluding carboxylic acids is 1. The van der Waals surface area contributed by atoms with Crippen molar-refractivity contribution in [3.63, 3.8) is 0 Å². The number of piperidine rings is 1. The molecule has 1 N–H and O–H groups in total. The van der Waals surface area contributed by atoms with Crippen molar-refractivity contribution in [1.29, 1.82) is 0 Å². The first-order chi connectivity index (χ1) is 14.5. The number of hydrogen-bond donors (Lipinski definition) is 1. The van der Waals surface area contributed by atoms with Crippen LogP contribution >= 0.6 is 11.3 Å². The van der Waals surface area contributed by atoms with Gasteiger partial charge in [0.05, 0.1) is 10.2 Å². The van der Waals surface area contributed by atoms with Crippen LogP contribution < -0.4 is 10.9 Å². The molecule has 0 saturated carbocycles. The van der Waals surface area contributed by atoms with Crippen LogP contribution in [0.3, 0.4) is 0 Å². The summed E-state index contributed by atoms with van der Waals surface area (Å²) in [5.41, 5.74) is 1.38. The van der Waals surface area contributed by atoms with Crippen molar-refractivity contribution in [2.24, 2.45) is 0 Å². The molecule has 3 aromatic heterocycles. The van der Waals surface area contributed by atoms with E-state index in [4.69, 9.17) is 0 Å². The van der Waals surface area contributed by atoms with E-state index in [0.717, 1.165) is 29.0 Å². The summed E-state index contributed by atoms with van der Waals surface area (Å²) in [6.07, 6.45) is 5.41. The van der Waals surface area contributed by atoms with Gasteiger partial charge in [0.1, 0.15) is 17.9 Å². The fourth-order valence-electron chi connectivity index (χ4n) is 4.66. The zero-order valence-electron chi connectivity index (χ0n) is 18.1. The van der Waals surface area contributed by atoms with Gasteiger partial charge in [0.2, 0.25) is 5.91 Å². The van der Waals surface area contributed by atoms with Crippen LogP contribution in [0.25, 0.3) is 15.7 Å². The van der Waals surface area contributed by atoms with Crippen LogP contribution in [-0.2, 0) is 17.8 Å². The van der Waals surface area contributed by atoms with Crippen LogP contribution in [-0.4, -0.2) is 50.2 Å². The molecule has 2 atom stereocenters. The molecule has 0 radical (unpaired) electrons. The molecular weight excluding hydrogens is 398 g/mol. The van der Waals surface area contributed by atoms with Crippen LogP contribution in [0.4, 0.5) is 0 Å². The molecule has 1 aliphatic rings. The highest BCUT2D eigenvalue weighted by atomic mass is 32.1. The number of aryl methyl sites for hydroxylation is 1. The molecule has 0 unspecified atom stereocenters. The molecule has 0 aliphatic carbocycles. The molecule has 0 aromatic carbocycles. The largest absolute Gasteiger partial charge is 0.354 e. The van der Waals surface area contributed by atoms with E-state index in [-0.39, 0.29) is 18.0 Å². The number of amides is 1. The Balaban J connectivity index is 1.39. The Kier molecular flexibility index (Phi) is 6.24. The van der Waals surface area contributed by atoms with Crippen LogP contribution in [0.15, 0.2) is 22.3 Å². The van der Waals surface area contributed by atoms with Crippen LogP contribution in [0, 0.1) is 0 Å². The summed E-state index contributed by atoms with van der Waals surface area (Å²) in [5.74, 6) is 0.628. The highest BCUT2D eigenvalue weighted by Gasteiger charge is 2.23. The third-order valence-electron chi connectivity index (χ3n) is 6.27. The second-order valence-corrected chi connectivity index (χ2v) is 9.29. The molecule has 1 amide bonds. The predicted octanol–water partition coefficient (Wildman–Crippen LogP) is 3.04. The number of hydrogen-bond acceptors (Lipinski definition) is 5. The van der Waals surface area contributed by atoms with E-state index in [0.29, 0.717) is 30.6 Å². The van der Waals surface area contributed by atoms with Crippen LogP contribution in [0.5, 0.6) is 0 Å². The van der Waals surface area contributed by atoms with E-state index in [9.17, 15) is 9.59 Å². The topological polar surface area (TPSA) is 71.6 Å². The maximum atomic E-state index is 12.9. The SMILES string of the molecule is CCc1nn(CC(=O)NCCCN2[C@@H](C)CCC[C@@H]2C)c(=O)c2cc3sccc3n12. The minimum atomic E-state index is -0.221. The summed E-state index contributed by atoms with van der Waals surface area (Å²) in [6, 6.07) is 5.14. The lowest BCUT2D eigenvalue weighted by Gasteiger charge is -2.39. The van der Waals surface area contributed by atoms with Crippen LogP contribution in [0.1, 0.15) is 52.3 Å². The molecule has 0 bridgehead atoms. The van der Waals surface area contributed by atoms with Gasteiger partial charge in [-0.15, -0.1) is 11.3 Å².